The smallest absolute Gasteiger partial charge is 0.0650 e. The van der Waals surface area contributed by atoms with Crippen molar-refractivity contribution in [3.8, 4) is 0 Å². The molecule has 0 spiro atoms. The molecule has 0 amide bonds. The highest BCUT2D eigenvalue weighted by Gasteiger charge is 2.21. The molecule has 2 nitrogen and oxygen atoms in total. The number of aliphatic hydroxyl groups is 1. The number of hydrogen-bond donors (Lipinski definition) is 2. The van der Waals surface area contributed by atoms with Gasteiger partial charge in [0, 0.05) is 4.47 Å². The third-order valence-corrected chi connectivity index (χ3v) is 2.51. The predicted molar refractivity (Wildman–Crippen MR) is 52.8 cm³/mol. The number of nitrogens with two attached hydrogens (primary N) is 1. The molecule has 0 bridgehead atoms. The van der Waals surface area contributed by atoms with E-state index in [0.717, 1.165) is 10.0 Å². The molecule has 0 aliphatic heterocycles. The molecule has 1 atom stereocenters. The molecule has 1 aromatic carbocycles. The summed E-state index contributed by atoms with van der Waals surface area (Å²) in [6.45, 7) is 1.74. The number of halogens is 1. The summed E-state index contributed by atoms with van der Waals surface area (Å²) in [6.07, 6.45) is 0. The minimum atomic E-state index is -0.667. The van der Waals surface area contributed by atoms with Gasteiger partial charge in [0.1, 0.15) is 0 Å². The van der Waals surface area contributed by atoms with E-state index in [9.17, 15) is 0 Å². The lowest BCUT2D eigenvalue weighted by molar-refractivity contribution is 0.209. The van der Waals surface area contributed by atoms with Gasteiger partial charge in [-0.1, -0.05) is 34.1 Å². The van der Waals surface area contributed by atoms with Crippen molar-refractivity contribution in [3.63, 3.8) is 0 Å². The second-order valence-electron chi connectivity index (χ2n) is 3.06. The molecule has 0 saturated heterocycles. The van der Waals surface area contributed by atoms with Crippen molar-refractivity contribution >= 4 is 15.9 Å². The van der Waals surface area contributed by atoms with Gasteiger partial charge in [-0.2, -0.15) is 0 Å². The Morgan fingerprint density at radius 3 is 2.58 bits per heavy atom. The number of hydrogen-bond acceptors (Lipinski definition) is 2. The van der Waals surface area contributed by atoms with Crippen molar-refractivity contribution in [3.05, 3.63) is 34.3 Å². The van der Waals surface area contributed by atoms with Crippen LogP contribution in [0.5, 0.6) is 0 Å². The quantitative estimate of drug-likeness (QED) is 0.810. The summed E-state index contributed by atoms with van der Waals surface area (Å²) in [5, 5.41) is 9.03. The maximum atomic E-state index is 9.03. The van der Waals surface area contributed by atoms with Gasteiger partial charge in [0.25, 0.3) is 0 Å². The van der Waals surface area contributed by atoms with E-state index in [1.807, 2.05) is 24.3 Å². The molecule has 0 aliphatic carbocycles. The van der Waals surface area contributed by atoms with Crippen LogP contribution in [0.4, 0.5) is 0 Å². The standard InChI is InChI=1S/C9H12BrNO/c1-9(11,6-12)7-4-2-3-5-8(7)10/h2-5,12H,6,11H2,1H3/t9-/m1/s1. The van der Waals surface area contributed by atoms with Crippen LogP contribution >= 0.6 is 15.9 Å². The molecule has 12 heavy (non-hydrogen) atoms. The molecule has 1 rings (SSSR count). The Morgan fingerprint density at radius 2 is 2.08 bits per heavy atom. The first kappa shape index (κ1) is 9.71. The van der Waals surface area contributed by atoms with E-state index < -0.39 is 5.54 Å². The van der Waals surface area contributed by atoms with Crippen molar-refractivity contribution in [2.75, 3.05) is 6.61 Å². The second-order valence-corrected chi connectivity index (χ2v) is 3.91. The number of benzene rings is 1. The van der Waals surface area contributed by atoms with Crippen LogP contribution < -0.4 is 5.73 Å². The maximum Gasteiger partial charge on any atom is 0.0650 e. The number of rotatable bonds is 2. The summed E-state index contributed by atoms with van der Waals surface area (Å²) in [6, 6.07) is 7.64. The summed E-state index contributed by atoms with van der Waals surface area (Å²) >= 11 is 3.38. The van der Waals surface area contributed by atoms with E-state index in [0.29, 0.717) is 0 Å². The van der Waals surface area contributed by atoms with Gasteiger partial charge in [-0.15, -0.1) is 0 Å². The SMILES string of the molecule is C[C@@](N)(CO)c1ccccc1Br. The Hall–Kier alpha value is -0.380. The van der Waals surface area contributed by atoms with Crippen LogP contribution in [-0.4, -0.2) is 11.7 Å². The third kappa shape index (κ3) is 1.86. The molecule has 0 unspecified atom stereocenters. The lowest BCUT2D eigenvalue weighted by Crippen LogP contribution is -2.37. The van der Waals surface area contributed by atoms with Crippen molar-refractivity contribution in [1.29, 1.82) is 0 Å². The molecule has 0 heterocycles. The molecular formula is C9H12BrNO. The predicted octanol–water partition coefficient (Wildman–Crippen LogP) is 1.62. The Morgan fingerprint density at radius 1 is 1.50 bits per heavy atom. The highest BCUT2D eigenvalue weighted by Crippen LogP contribution is 2.25. The Labute approximate surface area is 80.5 Å². The second kappa shape index (κ2) is 3.56. The topological polar surface area (TPSA) is 46.2 Å². The zero-order valence-corrected chi connectivity index (χ0v) is 8.51. The van der Waals surface area contributed by atoms with Crippen molar-refractivity contribution in [1.82, 2.24) is 0 Å². The van der Waals surface area contributed by atoms with Crippen molar-refractivity contribution in [2.45, 2.75) is 12.5 Å². The van der Waals surface area contributed by atoms with Crippen LogP contribution in [0.2, 0.25) is 0 Å². The fourth-order valence-corrected chi connectivity index (χ4v) is 1.75. The van der Waals surface area contributed by atoms with E-state index in [1.165, 1.54) is 0 Å². The van der Waals surface area contributed by atoms with Crippen molar-refractivity contribution < 1.29 is 5.11 Å². The lowest BCUT2D eigenvalue weighted by Gasteiger charge is -2.23. The van der Waals surface area contributed by atoms with Crippen LogP contribution in [-0.2, 0) is 5.54 Å². The van der Waals surface area contributed by atoms with E-state index >= 15 is 0 Å². The van der Waals surface area contributed by atoms with Gasteiger partial charge in [-0.05, 0) is 18.6 Å². The van der Waals surface area contributed by atoms with E-state index in [1.54, 1.807) is 6.92 Å². The van der Waals surface area contributed by atoms with Crippen LogP contribution in [0, 0.1) is 0 Å². The average molecular weight is 230 g/mol. The Bertz CT molecular complexity index is 273. The fourth-order valence-electron chi connectivity index (χ4n) is 1.01. The normalized spacial score (nSPS) is 15.7. The molecule has 3 heteroatoms. The monoisotopic (exact) mass is 229 g/mol. The van der Waals surface area contributed by atoms with Gasteiger partial charge < -0.3 is 10.8 Å². The number of aliphatic hydroxyl groups excluding tert-OH is 1. The molecule has 3 N–H and O–H groups in total. The average Bonchev–Trinajstić information content (AvgIpc) is 2.05. The van der Waals surface area contributed by atoms with E-state index in [2.05, 4.69) is 15.9 Å². The highest BCUT2D eigenvalue weighted by atomic mass is 79.9. The first-order valence-electron chi connectivity index (χ1n) is 3.72. The van der Waals surface area contributed by atoms with Gasteiger partial charge in [-0.25, -0.2) is 0 Å². The van der Waals surface area contributed by atoms with Crippen LogP contribution in [0.15, 0.2) is 28.7 Å². The minimum Gasteiger partial charge on any atom is -0.394 e. The zero-order valence-electron chi connectivity index (χ0n) is 6.92. The molecule has 0 aromatic heterocycles. The fraction of sp³-hybridized carbons (Fsp3) is 0.333. The summed E-state index contributed by atoms with van der Waals surface area (Å²) in [4.78, 5) is 0. The van der Waals surface area contributed by atoms with Crippen LogP contribution in [0.3, 0.4) is 0 Å². The van der Waals surface area contributed by atoms with E-state index in [4.69, 9.17) is 10.8 Å². The maximum absolute atomic E-state index is 9.03. The molecule has 0 saturated carbocycles. The molecular weight excluding hydrogens is 218 g/mol. The summed E-state index contributed by atoms with van der Waals surface area (Å²) < 4.78 is 0.934. The van der Waals surface area contributed by atoms with Gasteiger partial charge in [0.2, 0.25) is 0 Å². The summed E-state index contributed by atoms with van der Waals surface area (Å²) in [7, 11) is 0. The molecule has 0 fully saturated rings. The Kier molecular flexibility index (Phi) is 2.88. The van der Waals surface area contributed by atoms with E-state index in [-0.39, 0.29) is 6.61 Å². The first-order chi connectivity index (χ1) is 5.58. The molecule has 0 aliphatic rings. The van der Waals surface area contributed by atoms with Gasteiger partial charge in [-0.3, -0.25) is 0 Å². The first-order valence-corrected chi connectivity index (χ1v) is 4.52. The Balaban J connectivity index is 3.10. The van der Waals surface area contributed by atoms with Gasteiger partial charge in [0.05, 0.1) is 12.1 Å². The zero-order chi connectivity index (χ0) is 9.19. The lowest BCUT2D eigenvalue weighted by atomic mass is 9.94. The van der Waals surface area contributed by atoms with Crippen LogP contribution in [0.1, 0.15) is 12.5 Å². The minimum absolute atomic E-state index is 0.0599. The summed E-state index contributed by atoms with van der Waals surface area (Å²) in [5.74, 6) is 0. The molecule has 0 radical (unpaired) electrons. The summed E-state index contributed by atoms with van der Waals surface area (Å²) in [5.41, 5.74) is 6.12. The van der Waals surface area contributed by atoms with Crippen LogP contribution in [0.25, 0.3) is 0 Å². The molecule has 66 valence electrons. The van der Waals surface area contributed by atoms with Gasteiger partial charge >= 0.3 is 0 Å². The van der Waals surface area contributed by atoms with Gasteiger partial charge in [0.15, 0.2) is 0 Å². The molecule has 1 aromatic rings. The largest absolute Gasteiger partial charge is 0.394 e. The third-order valence-electron chi connectivity index (χ3n) is 1.82. The van der Waals surface area contributed by atoms with Crippen molar-refractivity contribution in [2.24, 2.45) is 5.73 Å². The highest BCUT2D eigenvalue weighted by molar-refractivity contribution is 9.10.